The number of thioether (sulfide) groups is 1. The van der Waals surface area contributed by atoms with Crippen LogP contribution in [0.2, 0.25) is 0 Å². The molecular weight excluding hydrogens is 140 g/mol. The summed E-state index contributed by atoms with van der Waals surface area (Å²) in [5.41, 5.74) is 0. The fourth-order valence-corrected chi connectivity index (χ4v) is 2.06. The van der Waals surface area contributed by atoms with Crippen molar-refractivity contribution < 1.29 is 0 Å². The van der Waals surface area contributed by atoms with Crippen LogP contribution in [-0.2, 0) is 0 Å². The summed E-state index contributed by atoms with van der Waals surface area (Å²) in [6, 6.07) is 0. The van der Waals surface area contributed by atoms with Crippen LogP contribution in [0.5, 0.6) is 0 Å². The minimum atomic E-state index is 0.851. The molecule has 0 aliphatic heterocycles. The summed E-state index contributed by atoms with van der Waals surface area (Å²) in [4.78, 5) is 0. The zero-order chi connectivity index (χ0) is 7.56. The Hall–Kier alpha value is 0.350. The third-order valence-corrected chi connectivity index (χ3v) is 3.96. The smallest absolute Gasteiger partial charge is 0.00418 e. The standard InChI is InChI=1S/C9H18S/c1-7(2)8(3)10-6-9-4-5-9/h7-9H,4-6H2,1-3H3. The van der Waals surface area contributed by atoms with Crippen molar-refractivity contribution in [1.82, 2.24) is 0 Å². The molecule has 1 saturated carbocycles. The maximum atomic E-state index is 2.34. The molecule has 60 valence electrons. The van der Waals surface area contributed by atoms with Gasteiger partial charge in [-0.3, -0.25) is 0 Å². The van der Waals surface area contributed by atoms with Gasteiger partial charge in [-0.25, -0.2) is 0 Å². The third-order valence-electron chi connectivity index (χ3n) is 2.23. The van der Waals surface area contributed by atoms with Gasteiger partial charge in [0.15, 0.2) is 0 Å². The molecule has 0 aromatic carbocycles. The number of hydrogen-bond acceptors (Lipinski definition) is 1. The molecule has 1 atom stereocenters. The summed E-state index contributed by atoms with van der Waals surface area (Å²) in [5, 5.41) is 0.862. The van der Waals surface area contributed by atoms with E-state index in [2.05, 4.69) is 32.5 Å². The van der Waals surface area contributed by atoms with Gasteiger partial charge in [0, 0.05) is 5.25 Å². The lowest BCUT2D eigenvalue weighted by Crippen LogP contribution is -2.06. The normalized spacial score (nSPS) is 21.6. The SMILES string of the molecule is CC(C)C(C)SCC1CC1. The average molecular weight is 158 g/mol. The Balaban J connectivity index is 1.99. The molecule has 0 N–H and O–H groups in total. The first-order chi connectivity index (χ1) is 4.70. The topological polar surface area (TPSA) is 0 Å². The van der Waals surface area contributed by atoms with Crippen LogP contribution in [0.25, 0.3) is 0 Å². The van der Waals surface area contributed by atoms with Gasteiger partial charge in [0.1, 0.15) is 0 Å². The molecule has 0 radical (unpaired) electrons. The fraction of sp³-hybridized carbons (Fsp3) is 1.00. The van der Waals surface area contributed by atoms with Gasteiger partial charge in [-0.1, -0.05) is 20.8 Å². The molecule has 1 fully saturated rings. The molecule has 1 aliphatic carbocycles. The third kappa shape index (κ3) is 2.96. The minimum absolute atomic E-state index is 0.851. The van der Waals surface area contributed by atoms with E-state index in [0.717, 1.165) is 17.1 Å². The minimum Gasteiger partial charge on any atom is -0.158 e. The Morgan fingerprint density at radius 2 is 1.90 bits per heavy atom. The second-order valence-electron chi connectivity index (χ2n) is 3.73. The second-order valence-corrected chi connectivity index (χ2v) is 5.14. The predicted molar refractivity (Wildman–Crippen MR) is 49.5 cm³/mol. The highest BCUT2D eigenvalue weighted by atomic mass is 32.2. The van der Waals surface area contributed by atoms with Gasteiger partial charge in [-0.05, 0) is 30.4 Å². The molecule has 1 aliphatic rings. The van der Waals surface area contributed by atoms with Gasteiger partial charge < -0.3 is 0 Å². The largest absolute Gasteiger partial charge is 0.158 e. The monoisotopic (exact) mass is 158 g/mol. The quantitative estimate of drug-likeness (QED) is 0.605. The molecule has 1 unspecified atom stereocenters. The van der Waals surface area contributed by atoms with Crippen molar-refractivity contribution >= 4 is 11.8 Å². The molecule has 0 nitrogen and oxygen atoms in total. The zero-order valence-corrected chi connectivity index (χ0v) is 8.08. The molecule has 0 saturated heterocycles. The molecule has 0 aromatic heterocycles. The van der Waals surface area contributed by atoms with Gasteiger partial charge in [-0.15, -0.1) is 0 Å². The molecule has 1 rings (SSSR count). The van der Waals surface area contributed by atoms with E-state index in [0.29, 0.717) is 0 Å². The van der Waals surface area contributed by atoms with Crippen LogP contribution in [0.4, 0.5) is 0 Å². The van der Waals surface area contributed by atoms with Gasteiger partial charge in [0.25, 0.3) is 0 Å². The first-order valence-corrected chi connectivity index (χ1v) is 5.36. The maximum Gasteiger partial charge on any atom is 0.00418 e. The summed E-state index contributed by atoms with van der Waals surface area (Å²) >= 11 is 2.16. The lowest BCUT2D eigenvalue weighted by atomic mass is 10.2. The van der Waals surface area contributed by atoms with Crippen molar-refractivity contribution in [2.24, 2.45) is 11.8 Å². The first-order valence-electron chi connectivity index (χ1n) is 4.31. The maximum absolute atomic E-state index is 2.34. The summed E-state index contributed by atoms with van der Waals surface area (Å²) in [7, 11) is 0. The van der Waals surface area contributed by atoms with E-state index in [1.165, 1.54) is 18.6 Å². The molecular formula is C9H18S. The van der Waals surface area contributed by atoms with Crippen LogP contribution < -0.4 is 0 Å². The van der Waals surface area contributed by atoms with Crippen molar-refractivity contribution in [3.8, 4) is 0 Å². The van der Waals surface area contributed by atoms with Gasteiger partial charge in [0.05, 0.1) is 0 Å². The highest BCUT2D eigenvalue weighted by Gasteiger charge is 2.22. The fourth-order valence-electron chi connectivity index (χ4n) is 0.765. The molecule has 10 heavy (non-hydrogen) atoms. The molecule has 0 heterocycles. The second kappa shape index (κ2) is 3.66. The number of hydrogen-bond donors (Lipinski definition) is 0. The van der Waals surface area contributed by atoms with E-state index < -0.39 is 0 Å². The average Bonchev–Trinajstić information content (AvgIpc) is 2.64. The van der Waals surface area contributed by atoms with E-state index in [9.17, 15) is 0 Å². The Morgan fingerprint density at radius 1 is 1.30 bits per heavy atom. The summed E-state index contributed by atoms with van der Waals surface area (Å²) in [6.45, 7) is 6.97. The van der Waals surface area contributed by atoms with E-state index >= 15 is 0 Å². The van der Waals surface area contributed by atoms with Crippen LogP contribution in [0.1, 0.15) is 33.6 Å². The van der Waals surface area contributed by atoms with Crippen LogP contribution in [0, 0.1) is 11.8 Å². The first kappa shape index (κ1) is 8.45. The molecule has 1 heteroatoms. The van der Waals surface area contributed by atoms with Crippen molar-refractivity contribution in [2.75, 3.05) is 5.75 Å². The van der Waals surface area contributed by atoms with E-state index in [1.807, 2.05) is 0 Å². The lowest BCUT2D eigenvalue weighted by Gasteiger charge is -2.13. The molecule has 0 bridgehead atoms. The summed E-state index contributed by atoms with van der Waals surface area (Å²) in [6.07, 6.45) is 3.00. The summed E-state index contributed by atoms with van der Waals surface area (Å²) < 4.78 is 0. The van der Waals surface area contributed by atoms with Crippen molar-refractivity contribution in [2.45, 2.75) is 38.9 Å². The Labute approximate surface area is 68.8 Å². The van der Waals surface area contributed by atoms with Crippen LogP contribution in [0.15, 0.2) is 0 Å². The van der Waals surface area contributed by atoms with Crippen molar-refractivity contribution in [3.05, 3.63) is 0 Å². The van der Waals surface area contributed by atoms with E-state index in [-0.39, 0.29) is 0 Å². The molecule has 0 spiro atoms. The van der Waals surface area contributed by atoms with Crippen LogP contribution in [-0.4, -0.2) is 11.0 Å². The van der Waals surface area contributed by atoms with Crippen molar-refractivity contribution in [1.29, 1.82) is 0 Å². The van der Waals surface area contributed by atoms with Gasteiger partial charge in [0.2, 0.25) is 0 Å². The Kier molecular flexibility index (Phi) is 3.09. The van der Waals surface area contributed by atoms with E-state index in [4.69, 9.17) is 0 Å². The van der Waals surface area contributed by atoms with Crippen LogP contribution in [0.3, 0.4) is 0 Å². The number of rotatable bonds is 4. The van der Waals surface area contributed by atoms with Gasteiger partial charge in [-0.2, -0.15) is 11.8 Å². The van der Waals surface area contributed by atoms with Gasteiger partial charge >= 0.3 is 0 Å². The highest BCUT2D eigenvalue weighted by molar-refractivity contribution is 7.99. The summed E-state index contributed by atoms with van der Waals surface area (Å²) in [5.74, 6) is 3.36. The Morgan fingerprint density at radius 3 is 2.30 bits per heavy atom. The lowest BCUT2D eigenvalue weighted by molar-refractivity contribution is 0.641. The predicted octanol–water partition coefficient (Wildman–Crippen LogP) is 3.17. The zero-order valence-electron chi connectivity index (χ0n) is 7.26. The Bertz CT molecular complexity index is 94.9. The highest BCUT2D eigenvalue weighted by Crippen LogP contribution is 2.34. The van der Waals surface area contributed by atoms with Crippen LogP contribution >= 0.6 is 11.8 Å². The molecule has 0 amide bonds. The van der Waals surface area contributed by atoms with E-state index in [1.54, 1.807) is 0 Å². The van der Waals surface area contributed by atoms with Crippen molar-refractivity contribution in [3.63, 3.8) is 0 Å². The molecule has 0 aromatic rings.